The number of rotatable bonds is 4. The second-order valence-electron chi connectivity index (χ2n) is 6.00. The number of carboxylic acids is 1. The minimum absolute atomic E-state index is 0.186. The summed E-state index contributed by atoms with van der Waals surface area (Å²) in [6.45, 7) is -0.586. The van der Waals surface area contributed by atoms with Gasteiger partial charge in [0.1, 0.15) is 12.9 Å². The number of aliphatic carboxylic acids is 1. The standard InChI is InChI=1S/C19H13ClN4O4/c20-11-6-4-10(5-7-11)12-2-1-3-13-15(12)18-22-9-23-24(18)16(17(13)27)19(28)21-8-14(25)26/h1-7,9,27H,8H2,(H,21,28)(H,25,26). The fourth-order valence-electron chi connectivity index (χ4n) is 3.11. The number of benzene rings is 2. The van der Waals surface area contributed by atoms with E-state index in [1.54, 1.807) is 24.3 Å². The highest BCUT2D eigenvalue weighted by Gasteiger charge is 2.23. The number of nitrogens with zero attached hydrogens (tertiary/aromatic N) is 3. The van der Waals surface area contributed by atoms with E-state index in [1.165, 1.54) is 10.8 Å². The lowest BCUT2D eigenvalue weighted by Crippen LogP contribution is -2.31. The zero-order chi connectivity index (χ0) is 19.8. The maximum Gasteiger partial charge on any atom is 0.322 e. The molecule has 0 unspecified atom stereocenters. The first kappa shape index (κ1) is 17.7. The van der Waals surface area contributed by atoms with E-state index < -0.39 is 18.4 Å². The number of halogens is 1. The van der Waals surface area contributed by atoms with Crippen LogP contribution >= 0.6 is 11.6 Å². The lowest BCUT2D eigenvalue weighted by atomic mass is 9.98. The quantitative estimate of drug-likeness (QED) is 0.488. The van der Waals surface area contributed by atoms with Crippen LogP contribution in [0.3, 0.4) is 0 Å². The molecule has 140 valence electrons. The third kappa shape index (κ3) is 2.89. The molecule has 0 saturated heterocycles. The van der Waals surface area contributed by atoms with Gasteiger partial charge in [0.25, 0.3) is 5.91 Å². The molecule has 4 rings (SSSR count). The van der Waals surface area contributed by atoms with Crippen molar-refractivity contribution in [2.45, 2.75) is 0 Å². The molecule has 0 fully saturated rings. The molecule has 28 heavy (non-hydrogen) atoms. The summed E-state index contributed by atoms with van der Waals surface area (Å²) in [5.41, 5.74) is 1.80. The molecular weight excluding hydrogens is 384 g/mol. The summed E-state index contributed by atoms with van der Waals surface area (Å²) in [6, 6.07) is 12.5. The molecule has 0 saturated carbocycles. The van der Waals surface area contributed by atoms with Gasteiger partial charge in [0.05, 0.1) is 0 Å². The fraction of sp³-hybridized carbons (Fsp3) is 0.0526. The molecule has 0 radical (unpaired) electrons. The van der Waals surface area contributed by atoms with Crippen molar-refractivity contribution in [1.82, 2.24) is 19.9 Å². The van der Waals surface area contributed by atoms with Gasteiger partial charge in [-0.05, 0) is 23.3 Å². The molecule has 0 aliphatic carbocycles. The Kier molecular flexibility index (Phi) is 4.32. The minimum atomic E-state index is -1.20. The zero-order valence-corrected chi connectivity index (χ0v) is 15.0. The molecule has 0 aliphatic heterocycles. The van der Waals surface area contributed by atoms with Crippen LogP contribution < -0.4 is 5.32 Å². The normalized spacial score (nSPS) is 11.0. The molecule has 8 nitrogen and oxygen atoms in total. The zero-order valence-electron chi connectivity index (χ0n) is 14.3. The molecule has 2 aromatic carbocycles. The number of amides is 1. The predicted molar refractivity (Wildman–Crippen MR) is 103 cm³/mol. The molecular formula is C19H13ClN4O4. The van der Waals surface area contributed by atoms with Gasteiger partial charge >= 0.3 is 5.97 Å². The van der Waals surface area contributed by atoms with Crippen LogP contribution in [0, 0.1) is 0 Å². The maximum atomic E-state index is 12.5. The number of hydrogen-bond acceptors (Lipinski definition) is 5. The molecule has 0 aliphatic rings. The number of aromatic hydroxyl groups is 1. The molecule has 0 bridgehead atoms. The Hall–Kier alpha value is -3.65. The van der Waals surface area contributed by atoms with Gasteiger partial charge in [-0.15, -0.1) is 0 Å². The summed E-state index contributed by atoms with van der Waals surface area (Å²) >= 11 is 5.98. The second kappa shape index (κ2) is 6.82. The highest BCUT2D eigenvalue weighted by atomic mass is 35.5. The number of aromatic nitrogens is 3. The van der Waals surface area contributed by atoms with Crippen LogP contribution in [0.25, 0.3) is 27.5 Å². The van der Waals surface area contributed by atoms with Crippen LogP contribution in [0.15, 0.2) is 48.8 Å². The largest absolute Gasteiger partial charge is 0.505 e. The Morgan fingerprint density at radius 2 is 1.89 bits per heavy atom. The smallest absolute Gasteiger partial charge is 0.322 e. The first-order valence-corrected chi connectivity index (χ1v) is 8.58. The number of fused-ring (bicyclic) bond motifs is 3. The summed E-state index contributed by atoms with van der Waals surface area (Å²) < 4.78 is 1.20. The maximum absolute atomic E-state index is 12.5. The van der Waals surface area contributed by atoms with Gasteiger partial charge in [-0.3, -0.25) is 9.59 Å². The predicted octanol–water partition coefficient (Wildman–Crippen LogP) is 2.72. The highest BCUT2D eigenvalue weighted by Crippen LogP contribution is 2.37. The molecule has 1 amide bonds. The van der Waals surface area contributed by atoms with E-state index in [0.29, 0.717) is 21.4 Å². The number of pyridine rings is 1. The summed E-state index contributed by atoms with van der Waals surface area (Å²) in [4.78, 5) is 27.5. The van der Waals surface area contributed by atoms with Crippen LogP contribution in [-0.2, 0) is 4.79 Å². The Morgan fingerprint density at radius 1 is 1.14 bits per heavy atom. The van der Waals surface area contributed by atoms with E-state index in [4.69, 9.17) is 16.7 Å². The lowest BCUT2D eigenvalue weighted by molar-refractivity contribution is -0.135. The number of carboxylic acid groups (broad SMARTS) is 1. The van der Waals surface area contributed by atoms with E-state index in [0.717, 1.165) is 11.1 Å². The Bertz CT molecular complexity index is 1230. The van der Waals surface area contributed by atoms with Gasteiger partial charge < -0.3 is 15.5 Å². The van der Waals surface area contributed by atoms with E-state index in [-0.39, 0.29) is 11.4 Å². The third-order valence-corrected chi connectivity index (χ3v) is 4.55. The number of carbonyl (C=O) groups is 2. The first-order chi connectivity index (χ1) is 13.5. The molecule has 0 atom stereocenters. The van der Waals surface area contributed by atoms with Crippen molar-refractivity contribution in [3.05, 3.63) is 59.5 Å². The van der Waals surface area contributed by atoms with Crippen molar-refractivity contribution in [2.75, 3.05) is 6.54 Å². The van der Waals surface area contributed by atoms with Gasteiger partial charge in [-0.1, -0.05) is 41.9 Å². The molecule has 2 aromatic heterocycles. The van der Waals surface area contributed by atoms with Crippen LogP contribution in [0.4, 0.5) is 0 Å². The number of hydrogen-bond donors (Lipinski definition) is 3. The molecule has 2 heterocycles. The summed E-state index contributed by atoms with van der Waals surface area (Å²) in [7, 11) is 0. The fourth-order valence-corrected chi connectivity index (χ4v) is 3.23. The Balaban J connectivity index is 2.00. The number of nitrogens with one attached hydrogen (secondary N) is 1. The average molecular weight is 397 g/mol. The summed E-state index contributed by atoms with van der Waals surface area (Å²) in [6.07, 6.45) is 1.26. The SMILES string of the molecule is O=C(O)CNC(=O)c1c(O)c2cccc(-c3ccc(Cl)cc3)c2c2ncnn12. The van der Waals surface area contributed by atoms with Crippen molar-refractivity contribution < 1.29 is 19.8 Å². The van der Waals surface area contributed by atoms with Crippen molar-refractivity contribution in [3.63, 3.8) is 0 Å². The molecule has 3 N–H and O–H groups in total. The monoisotopic (exact) mass is 396 g/mol. The molecule has 0 spiro atoms. The summed E-state index contributed by atoms with van der Waals surface area (Å²) in [5, 5.41) is 27.5. The molecule has 9 heteroatoms. The van der Waals surface area contributed by atoms with Crippen LogP contribution in [0.2, 0.25) is 5.02 Å². The molecule has 4 aromatic rings. The van der Waals surface area contributed by atoms with Crippen LogP contribution in [0.5, 0.6) is 5.75 Å². The van der Waals surface area contributed by atoms with Crippen molar-refractivity contribution in [1.29, 1.82) is 0 Å². The van der Waals surface area contributed by atoms with E-state index in [2.05, 4.69) is 15.4 Å². The van der Waals surface area contributed by atoms with Crippen LogP contribution in [-0.4, -0.2) is 43.2 Å². The van der Waals surface area contributed by atoms with Gasteiger partial charge in [-0.2, -0.15) is 5.10 Å². The van der Waals surface area contributed by atoms with Crippen molar-refractivity contribution in [3.8, 4) is 16.9 Å². The summed E-state index contributed by atoms with van der Waals surface area (Å²) in [5.74, 6) is -2.28. The van der Waals surface area contributed by atoms with Crippen molar-refractivity contribution in [2.24, 2.45) is 0 Å². The van der Waals surface area contributed by atoms with Crippen molar-refractivity contribution >= 4 is 39.9 Å². The van der Waals surface area contributed by atoms with E-state index in [1.807, 2.05) is 18.2 Å². The highest BCUT2D eigenvalue weighted by molar-refractivity contribution is 6.30. The third-order valence-electron chi connectivity index (χ3n) is 4.30. The van der Waals surface area contributed by atoms with E-state index >= 15 is 0 Å². The van der Waals surface area contributed by atoms with Gasteiger partial charge in [0.15, 0.2) is 17.1 Å². The minimum Gasteiger partial charge on any atom is -0.505 e. The Labute approximate surface area is 163 Å². The first-order valence-electron chi connectivity index (χ1n) is 8.20. The van der Waals surface area contributed by atoms with E-state index in [9.17, 15) is 14.7 Å². The topological polar surface area (TPSA) is 117 Å². The lowest BCUT2D eigenvalue weighted by Gasteiger charge is -2.13. The van der Waals surface area contributed by atoms with Gasteiger partial charge in [0, 0.05) is 15.8 Å². The second-order valence-corrected chi connectivity index (χ2v) is 6.44. The van der Waals surface area contributed by atoms with Crippen LogP contribution in [0.1, 0.15) is 10.5 Å². The number of carbonyl (C=O) groups excluding carboxylic acids is 1. The average Bonchev–Trinajstić information content (AvgIpc) is 3.16. The van der Waals surface area contributed by atoms with Gasteiger partial charge in [0.2, 0.25) is 0 Å². The van der Waals surface area contributed by atoms with Gasteiger partial charge in [-0.25, -0.2) is 9.50 Å². The Morgan fingerprint density at radius 3 is 2.61 bits per heavy atom.